The summed E-state index contributed by atoms with van der Waals surface area (Å²) in [4.78, 5) is 31.7. The van der Waals surface area contributed by atoms with Crippen molar-refractivity contribution in [2.75, 3.05) is 24.6 Å². The molecule has 3 heterocycles. The number of aromatic nitrogens is 1. The fourth-order valence-electron chi connectivity index (χ4n) is 4.07. The van der Waals surface area contributed by atoms with Gasteiger partial charge in [-0.1, -0.05) is 6.92 Å². The van der Waals surface area contributed by atoms with Crippen LogP contribution in [0.5, 0.6) is 0 Å². The first-order valence-electron chi connectivity index (χ1n) is 8.77. The summed E-state index contributed by atoms with van der Waals surface area (Å²) in [5.74, 6) is -0.380. The van der Waals surface area contributed by atoms with Crippen LogP contribution in [0.3, 0.4) is 0 Å². The average Bonchev–Trinajstić information content (AvgIpc) is 3.21. The minimum absolute atomic E-state index is 0.0575. The van der Waals surface area contributed by atoms with E-state index in [1.165, 1.54) is 0 Å². The van der Waals surface area contributed by atoms with Gasteiger partial charge in [0.05, 0.1) is 23.6 Å². The Morgan fingerprint density at radius 2 is 1.81 bits per heavy atom. The van der Waals surface area contributed by atoms with Gasteiger partial charge in [0, 0.05) is 42.2 Å². The minimum atomic E-state index is -3.27. The zero-order valence-corrected chi connectivity index (χ0v) is 15.3. The predicted molar refractivity (Wildman–Crippen MR) is 97.6 cm³/mol. The molecule has 2 aliphatic rings. The number of carbonyl (C=O) groups excluding carboxylic acids is 2. The van der Waals surface area contributed by atoms with Gasteiger partial charge in [0.2, 0.25) is 5.91 Å². The summed E-state index contributed by atoms with van der Waals surface area (Å²) in [6.45, 7) is 2.50. The van der Waals surface area contributed by atoms with Crippen LogP contribution in [0.2, 0.25) is 0 Å². The zero-order chi connectivity index (χ0) is 18.5. The van der Waals surface area contributed by atoms with Crippen LogP contribution in [-0.2, 0) is 14.6 Å². The van der Waals surface area contributed by atoms with E-state index in [0.717, 1.165) is 10.9 Å². The van der Waals surface area contributed by atoms with Crippen LogP contribution < -0.4 is 0 Å². The van der Waals surface area contributed by atoms with Gasteiger partial charge in [0.1, 0.15) is 0 Å². The van der Waals surface area contributed by atoms with Gasteiger partial charge in [-0.05, 0) is 24.3 Å². The monoisotopic (exact) mass is 375 g/mol. The van der Waals surface area contributed by atoms with E-state index < -0.39 is 21.9 Å². The number of rotatable bonds is 2. The summed E-state index contributed by atoms with van der Waals surface area (Å²) < 4.78 is 24.4. The van der Waals surface area contributed by atoms with Crippen molar-refractivity contribution in [2.45, 2.75) is 25.4 Å². The van der Waals surface area contributed by atoms with Gasteiger partial charge >= 0.3 is 0 Å². The van der Waals surface area contributed by atoms with Crippen molar-refractivity contribution in [3.63, 3.8) is 0 Å². The lowest BCUT2D eigenvalue weighted by Gasteiger charge is -2.43. The molecule has 0 bridgehead atoms. The topological polar surface area (TPSA) is 90.6 Å². The molecule has 0 saturated carbocycles. The number of hydrogen-bond acceptors (Lipinski definition) is 4. The molecule has 2 saturated heterocycles. The quantitative estimate of drug-likeness (QED) is 0.849. The predicted octanol–water partition coefficient (Wildman–Crippen LogP) is 1.03. The molecule has 2 atom stereocenters. The summed E-state index contributed by atoms with van der Waals surface area (Å²) >= 11 is 0. The van der Waals surface area contributed by atoms with E-state index >= 15 is 0 Å². The lowest BCUT2D eigenvalue weighted by Crippen LogP contribution is -2.61. The fourth-order valence-corrected chi connectivity index (χ4v) is 6.05. The van der Waals surface area contributed by atoms with Crippen LogP contribution >= 0.6 is 0 Å². The SMILES string of the molecule is CCC(=O)N1CCN(C(=O)c2ccc3[nH]ccc3c2)C2CS(=O)(=O)CC21. The highest BCUT2D eigenvalue weighted by atomic mass is 32.2. The van der Waals surface area contributed by atoms with E-state index in [2.05, 4.69) is 4.98 Å². The number of hydrogen-bond donors (Lipinski definition) is 1. The molecule has 0 radical (unpaired) electrons. The number of fused-ring (bicyclic) bond motifs is 2. The molecule has 2 aliphatic heterocycles. The Kier molecular flexibility index (Phi) is 4.02. The molecule has 1 aromatic heterocycles. The van der Waals surface area contributed by atoms with Crippen LogP contribution in [0, 0.1) is 0 Å². The number of aromatic amines is 1. The van der Waals surface area contributed by atoms with Gasteiger partial charge in [-0.3, -0.25) is 9.59 Å². The molecule has 1 N–H and O–H groups in total. The first-order valence-corrected chi connectivity index (χ1v) is 10.6. The Morgan fingerprint density at radius 3 is 2.54 bits per heavy atom. The van der Waals surface area contributed by atoms with Crippen molar-refractivity contribution in [2.24, 2.45) is 0 Å². The lowest BCUT2D eigenvalue weighted by molar-refractivity contribution is -0.135. The third-order valence-electron chi connectivity index (χ3n) is 5.36. The number of sulfone groups is 1. The van der Waals surface area contributed by atoms with Gasteiger partial charge in [0.15, 0.2) is 9.84 Å². The van der Waals surface area contributed by atoms with Crippen LogP contribution in [-0.4, -0.2) is 71.7 Å². The fraction of sp³-hybridized carbons (Fsp3) is 0.444. The highest BCUT2D eigenvalue weighted by Gasteiger charge is 2.49. The highest BCUT2D eigenvalue weighted by molar-refractivity contribution is 7.91. The minimum Gasteiger partial charge on any atom is -0.361 e. The third kappa shape index (κ3) is 2.78. The van der Waals surface area contributed by atoms with Crippen LogP contribution in [0.25, 0.3) is 10.9 Å². The van der Waals surface area contributed by atoms with Crippen LogP contribution in [0.15, 0.2) is 30.5 Å². The number of H-pyrrole nitrogens is 1. The molecule has 2 amide bonds. The van der Waals surface area contributed by atoms with Crippen molar-refractivity contribution >= 4 is 32.6 Å². The number of nitrogens with one attached hydrogen (secondary N) is 1. The van der Waals surface area contributed by atoms with Crippen molar-refractivity contribution in [3.05, 3.63) is 36.0 Å². The summed E-state index contributed by atoms with van der Waals surface area (Å²) in [5, 5.41) is 0.936. The molecular weight excluding hydrogens is 354 g/mol. The molecular formula is C18H21N3O4S. The van der Waals surface area contributed by atoms with Gasteiger partial charge in [-0.15, -0.1) is 0 Å². The lowest BCUT2D eigenvalue weighted by atomic mass is 10.0. The molecule has 1 aromatic carbocycles. The highest BCUT2D eigenvalue weighted by Crippen LogP contribution is 2.29. The second-order valence-corrected chi connectivity index (χ2v) is 9.08. The first-order chi connectivity index (χ1) is 12.4. The number of amides is 2. The number of benzene rings is 1. The van der Waals surface area contributed by atoms with E-state index in [4.69, 9.17) is 0 Å². The summed E-state index contributed by atoms with van der Waals surface area (Å²) in [6, 6.07) is 6.40. The summed E-state index contributed by atoms with van der Waals surface area (Å²) in [7, 11) is -3.27. The van der Waals surface area contributed by atoms with Crippen molar-refractivity contribution < 1.29 is 18.0 Å². The van der Waals surface area contributed by atoms with Crippen molar-refractivity contribution in [3.8, 4) is 0 Å². The second kappa shape index (κ2) is 6.12. The largest absolute Gasteiger partial charge is 0.361 e. The number of piperazine rings is 1. The van der Waals surface area contributed by atoms with Crippen molar-refractivity contribution in [1.82, 2.24) is 14.8 Å². The smallest absolute Gasteiger partial charge is 0.254 e. The first kappa shape index (κ1) is 17.1. The maximum atomic E-state index is 13.1. The van der Waals surface area contributed by atoms with Crippen LogP contribution in [0.4, 0.5) is 0 Å². The molecule has 2 unspecified atom stereocenters. The standard InChI is InChI=1S/C18H21N3O4S/c1-2-17(22)20-7-8-21(16-11-26(24,25)10-15(16)20)18(23)13-3-4-14-12(9-13)5-6-19-14/h3-6,9,15-16,19H,2,7-8,10-11H2,1H3. The Labute approximate surface area is 151 Å². The Balaban J connectivity index is 1.66. The van der Waals surface area contributed by atoms with E-state index in [9.17, 15) is 18.0 Å². The van der Waals surface area contributed by atoms with Gasteiger partial charge in [-0.25, -0.2) is 8.42 Å². The summed E-state index contributed by atoms with van der Waals surface area (Å²) in [5.41, 5.74) is 1.48. The molecule has 0 aliphatic carbocycles. The molecule has 2 fully saturated rings. The van der Waals surface area contributed by atoms with Gasteiger partial charge in [-0.2, -0.15) is 0 Å². The maximum absolute atomic E-state index is 13.1. The summed E-state index contributed by atoms with van der Waals surface area (Å²) in [6.07, 6.45) is 2.15. The molecule has 138 valence electrons. The van der Waals surface area contributed by atoms with E-state index in [1.54, 1.807) is 22.8 Å². The van der Waals surface area contributed by atoms with Crippen LogP contribution in [0.1, 0.15) is 23.7 Å². The number of nitrogens with zero attached hydrogens (tertiary/aromatic N) is 2. The molecule has 8 heteroatoms. The molecule has 2 aromatic rings. The molecule has 0 spiro atoms. The van der Waals surface area contributed by atoms with Gasteiger partial charge < -0.3 is 14.8 Å². The zero-order valence-electron chi connectivity index (χ0n) is 14.5. The Bertz CT molecular complexity index is 981. The van der Waals surface area contributed by atoms with E-state index in [1.807, 2.05) is 24.4 Å². The molecule has 4 rings (SSSR count). The van der Waals surface area contributed by atoms with Gasteiger partial charge in [0.25, 0.3) is 5.91 Å². The Morgan fingerprint density at radius 1 is 1.12 bits per heavy atom. The normalized spacial score (nSPS) is 24.7. The third-order valence-corrected chi connectivity index (χ3v) is 7.06. The number of carbonyl (C=O) groups is 2. The maximum Gasteiger partial charge on any atom is 0.254 e. The van der Waals surface area contributed by atoms with E-state index in [0.29, 0.717) is 25.1 Å². The van der Waals surface area contributed by atoms with Crippen molar-refractivity contribution in [1.29, 1.82) is 0 Å². The van der Waals surface area contributed by atoms with E-state index in [-0.39, 0.29) is 23.3 Å². The average molecular weight is 375 g/mol. The Hall–Kier alpha value is -2.35. The molecule has 26 heavy (non-hydrogen) atoms. The second-order valence-electron chi connectivity index (χ2n) is 6.93. The molecule has 7 nitrogen and oxygen atoms in total.